The van der Waals surface area contributed by atoms with E-state index in [0.717, 1.165) is 28.6 Å². The third kappa shape index (κ3) is 5.87. The lowest BCUT2D eigenvalue weighted by Gasteiger charge is -2.13. The van der Waals surface area contributed by atoms with Crippen LogP contribution in [-0.4, -0.2) is 22.1 Å². The molecule has 6 heteroatoms. The molecule has 28 heavy (non-hydrogen) atoms. The van der Waals surface area contributed by atoms with Gasteiger partial charge >= 0.3 is 0 Å². The van der Waals surface area contributed by atoms with E-state index in [2.05, 4.69) is 71.1 Å². The number of hydrogen-bond acceptors (Lipinski definition) is 6. The average Bonchev–Trinajstić information content (AvgIpc) is 2.61. The molecule has 0 aliphatic carbocycles. The molecule has 146 valence electrons. The van der Waals surface area contributed by atoms with E-state index < -0.39 is 0 Å². The second kappa shape index (κ2) is 9.08. The Balaban J connectivity index is 1.71. The van der Waals surface area contributed by atoms with E-state index in [1.54, 1.807) is 6.20 Å². The Hall–Kier alpha value is -3.28. The predicted molar refractivity (Wildman–Crippen MR) is 119 cm³/mol. The molecule has 1 aromatic heterocycles. The lowest BCUT2D eigenvalue weighted by molar-refractivity contribution is 0.899. The SMILES string of the molecule is CC(C)Nc1cccc(Nc2ccnc(Nc3cccc(NC(C)C)c3)n2)c1. The zero-order chi connectivity index (χ0) is 19.9. The second-order valence-corrected chi connectivity index (χ2v) is 7.28. The first-order valence-electron chi connectivity index (χ1n) is 9.58. The van der Waals surface area contributed by atoms with Gasteiger partial charge in [-0.05, 0) is 70.2 Å². The van der Waals surface area contributed by atoms with Crippen LogP contribution in [0, 0.1) is 0 Å². The molecule has 0 saturated carbocycles. The van der Waals surface area contributed by atoms with Gasteiger partial charge < -0.3 is 21.3 Å². The van der Waals surface area contributed by atoms with Crippen molar-refractivity contribution >= 4 is 34.5 Å². The van der Waals surface area contributed by atoms with E-state index in [4.69, 9.17) is 0 Å². The highest BCUT2D eigenvalue weighted by Gasteiger charge is 2.04. The topological polar surface area (TPSA) is 73.9 Å². The van der Waals surface area contributed by atoms with E-state index in [9.17, 15) is 0 Å². The maximum Gasteiger partial charge on any atom is 0.229 e. The first kappa shape index (κ1) is 19.5. The minimum absolute atomic E-state index is 0.375. The molecule has 0 fully saturated rings. The molecule has 0 saturated heterocycles. The van der Waals surface area contributed by atoms with Gasteiger partial charge in [-0.3, -0.25) is 0 Å². The van der Waals surface area contributed by atoms with Crippen LogP contribution in [0.2, 0.25) is 0 Å². The second-order valence-electron chi connectivity index (χ2n) is 7.28. The molecular formula is C22H28N6. The van der Waals surface area contributed by atoms with Crippen molar-refractivity contribution in [1.82, 2.24) is 9.97 Å². The molecule has 0 aliphatic heterocycles. The molecule has 3 rings (SSSR count). The fourth-order valence-electron chi connectivity index (χ4n) is 2.81. The monoisotopic (exact) mass is 376 g/mol. The van der Waals surface area contributed by atoms with E-state index in [0.29, 0.717) is 18.0 Å². The van der Waals surface area contributed by atoms with Crippen molar-refractivity contribution in [3.8, 4) is 0 Å². The van der Waals surface area contributed by atoms with Gasteiger partial charge in [0.25, 0.3) is 0 Å². The molecule has 6 nitrogen and oxygen atoms in total. The number of rotatable bonds is 8. The van der Waals surface area contributed by atoms with Crippen LogP contribution < -0.4 is 21.3 Å². The van der Waals surface area contributed by atoms with Crippen LogP contribution in [0.4, 0.5) is 34.5 Å². The molecule has 0 aliphatic rings. The highest BCUT2D eigenvalue weighted by atomic mass is 15.1. The third-order valence-electron chi connectivity index (χ3n) is 3.82. The number of hydrogen-bond donors (Lipinski definition) is 4. The summed E-state index contributed by atoms with van der Waals surface area (Å²) in [7, 11) is 0. The maximum absolute atomic E-state index is 4.57. The largest absolute Gasteiger partial charge is 0.383 e. The van der Waals surface area contributed by atoms with Crippen molar-refractivity contribution in [2.75, 3.05) is 21.3 Å². The van der Waals surface area contributed by atoms with Gasteiger partial charge in [0.05, 0.1) is 0 Å². The van der Waals surface area contributed by atoms with E-state index in [1.807, 2.05) is 42.5 Å². The lowest BCUT2D eigenvalue weighted by atomic mass is 10.2. The molecule has 0 unspecified atom stereocenters. The molecule has 0 spiro atoms. The zero-order valence-electron chi connectivity index (χ0n) is 16.8. The number of aromatic nitrogens is 2. The lowest BCUT2D eigenvalue weighted by Crippen LogP contribution is -2.09. The van der Waals surface area contributed by atoms with E-state index in [1.165, 1.54) is 0 Å². The van der Waals surface area contributed by atoms with Crippen LogP contribution in [0.5, 0.6) is 0 Å². The standard InChI is InChI=1S/C22H28N6/c1-15(2)24-17-7-5-9-19(13-17)26-21-11-12-23-22(28-21)27-20-10-6-8-18(14-20)25-16(3)4/h5-16,24-25H,1-4H3,(H2,23,26,27,28). The van der Waals surface area contributed by atoms with E-state index >= 15 is 0 Å². The van der Waals surface area contributed by atoms with E-state index in [-0.39, 0.29) is 0 Å². The van der Waals surface area contributed by atoms with Gasteiger partial charge in [0.1, 0.15) is 5.82 Å². The van der Waals surface area contributed by atoms with Gasteiger partial charge in [0.2, 0.25) is 5.95 Å². The van der Waals surface area contributed by atoms with Crippen molar-refractivity contribution < 1.29 is 0 Å². The fourth-order valence-corrected chi connectivity index (χ4v) is 2.81. The van der Waals surface area contributed by atoms with Crippen molar-refractivity contribution in [3.63, 3.8) is 0 Å². The summed E-state index contributed by atoms with van der Waals surface area (Å²) < 4.78 is 0. The summed E-state index contributed by atoms with van der Waals surface area (Å²) in [6.45, 7) is 8.47. The normalized spacial score (nSPS) is 10.8. The van der Waals surface area contributed by atoms with Gasteiger partial charge in [-0.15, -0.1) is 0 Å². The van der Waals surface area contributed by atoms with Crippen LogP contribution in [-0.2, 0) is 0 Å². The quantitative estimate of drug-likeness (QED) is 0.410. The first-order chi connectivity index (χ1) is 13.5. The molecule has 1 heterocycles. The van der Waals surface area contributed by atoms with Gasteiger partial charge in [0.15, 0.2) is 0 Å². The van der Waals surface area contributed by atoms with Gasteiger partial charge in [-0.25, -0.2) is 4.98 Å². The van der Waals surface area contributed by atoms with Gasteiger partial charge in [0, 0.05) is 41.0 Å². The fraction of sp³-hybridized carbons (Fsp3) is 0.273. The summed E-state index contributed by atoms with van der Waals surface area (Å²) in [4.78, 5) is 8.90. The molecular weight excluding hydrogens is 348 g/mol. The number of benzene rings is 2. The van der Waals surface area contributed by atoms with Crippen LogP contribution in [0.3, 0.4) is 0 Å². The predicted octanol–water partition coefficient (Wildman–Crippen LogP) is 5.60. The van der Waals surface area contributed by atoms with Gasteiger partial charge in [-0.1, -0.05) is 12.1 Å². The average molecular weight is 377 g/mol. The Morgan fingerprint density at radius 2 is 1.21 bits per heavy atom. The van der Waals surface area contributed by atoms with Gasteiger partial charge in [-0.2, -0.15) is 4.98 Å². The third-order valence-corrected chi connectivity index (χ3v) is 3.82. The summed E-state index contributed by atoms with van der Waals surface area (Å²) in [5, 5.41) is 13.4. The van der Waals surface area contributed by atoms with Crippen LogP contribution in [0.1, 0.15) is 27.7 Å². The van der Waals surface area contributed by atoms with Crippen molar-refractivity contribution in [2.45, 2.75) is 39.8 Å². The molecule has 3 aromatic rings. The molecule has 4 N–H and O–H groups in total. The Morgan fingerprint density at radius 1 is 0.679 bits per heavy atom. The Morgan fingerprint density at radius 3 is 1.79 bits per heavy atom. The molecule has 0 atom stereocenters. The maximum atomic E-state index is 4.57. The first-order valence-corrected chi connectivity index (χ1v) is 9.58. The van der Waals surface area contributed by atoms with Crippen molar-refractivity contribution in [2.24, 2.45) is 0 Å². The molecule has 2 aromatic carbocycles. The summed E-state index contributed by atoms with van der Waals surface area (Å²) in [6, 6.07) is 18.8. The highest BCUT2D eigenvalue weighted by molar-refractivity contribution is 5.65. The number of anilines is 6. The molecule has 0 bridgehead atoms. The Kier molecular flexibility index (Phi) is 6.32. The summed E-state index contributed by atoms with van der Waals surface area (Å²) in [6.07, 6.45) is 1.74. The minimum Gasteiger partial charge on any atom is -0.383 e. The molecule has 0 radical (unpaired) electrons. The minimum atomic E-state index is 0.375. The Bertz CT molecular complexity index is 836. The number of nitrogens with zero attached hydrogens (tertiary/aromatic N) is 2. The number of nitrogens with one attached hydrogen (secondary N) is 4. The van der Waals surface area contributed by atoms with Crippen molar-refractivity contribution in [1.29, 1.82) is 0 Å². The zero-order valence-corrected chi connectivity index (χ0v) is 16.8. The van der Waals surface area contributed by atoms with Crippen LogP contribution >= 0.6 is 0 Å². The summed E-state index contributed by atoms with van der Waals surface area (Å²) in [5.41, 5.74) is 4.04. The van der Waals surface area contributed by atoms with Crippen LogP contribution in [0.25, 0.3) is 0 Å². The Labute approximate surface area is 166 Å². The molecule has 0 amide bonds. The highest BCUT2D eigenvalue weighted by Crippen LogP contribution is 2.22. The summed E-state index contributed by atoms with van der Waals surface area (Å²) in [5.74, 6) is 1.28. The van der Waals surface area contributed by atoms with Crippen molar-refractivity contribution in [3.05, 3.63) is 60.8 Å². The smallest absolute Gasteiger partial charge is 0.229 e. The van der Waals surface area contributed by atoms with Crippen LogP contribution in [0.15, 0.2) is 60.8 Å². The summed E-state index contributed by atoms with van der Waals surface area (Å²) >= 11 is 0.